The van der Waals surface area contributed by atoms with Crippen molar-refractivity contribution >= 4 is 45.6 Å². The Morgan fingerprint density at radius 2 is 1.84 bits per heavy atom. The lowest BCUT2D eigenvalue weighted by molar-refractivity contribution is -0.123. The fraction of sp³-hybridized carbons (Fsp3) is 0.222. The quantitative estimate of drug-likeness (QED) is 0.261. The number of hydrogen-bond acceptors (Lipinski definition) is 6. The maximum atomic E-state index is 12.8. The lowest BCUT2D eigenvalue weighted by Crippen LogP contribution is -2.48. The summed E-state index contributed by atoms with van der Waals surface area (Å²) in [4.78, 5) is 25.5. The molecule has 0 bridgehead atoms. The molecular weight excluding hydrogens is 562 g/mol. The van der Waals surface area contributed by atoms with Gasteiger partial charge < -0.3 is 19.5 Å². The predicted molar refractivity (Wildman–Crippen MR) is 144 cm³/mol. The molecule has 2 N–H and O–H groups in total. The Morgan fingerprint density at radius 1 is 1.08 bits per heavy atom. The third-order valence-corrected chi connectivity index (χ3v) is 6.39. The number of hydrogen-bond donors (Lipinski definition) is 2. The van der Waals surface area contributed by atoms with Crippen LogP contribution in [0.15, 0.2) is 70.2 Å². The Morgan fingerprint density at radius 3 is 2.57 bits per heavy atom. The Kier molecular flexibility index (Phi) is 8.68. The van der Waals surface area contributed by atoms with Crippen LogP contribution in [0, 0.1) is 5.92 Å². The van der Waals surface area contributed by atoms with Gasteiger partial charge in [0.25, 0.3) is 11.8 Å². The van der Waals surface area contributed by atoms with Gasteiger partial charge in [0.2, 0.25) is 6.79 Å². The molecule has 0 spiro atoms. The summed E-state index contributed by atoms with van der Waals surface area (Å²) in [6, 6.07) is 17.0. The van der Waals surface area contributed by atoms with E-state index in [0.29, 0.717) is 34.4 Å². The lowest BCUT2D eigenvalue weighted by Gasteiger charge is -2.20. The third-order valence-electron chi connectivity index (χ3n) is 5.52. The van der Waals surface area contributed by atoms with E-state index >= 15 is 0 Å². The highest BCUT2D eigenvalue weighted by molar-refractivity contribution is 9.10. The van der Waals surface area contributed by atoms with Gasteiger partial charge in [0.05, 0.1) is 10.7 Å². The monoisotopic (exact) mass is 585 g/mol. The number of nitrogens with zero attached hydrogens (tertiary/aromatic N) is 1. The van der Waals surface area contributed by atoms with E-state index in [2.05, 4.69) is 31.8 Å². The number of halogens is 2. The number of amides is 2. The molecule has 1 unspecified atom stereocenters. The van der Waals surface area contributed by atoms with Crippen molar-refractivity contribution in [2.75, 3.05) is 6.79 Å². The summed E-state index contributed by atoms with van der Waals surface area (Å²) in [7, 11) is 0. The summed E-state index contributed by atoms with van der Waals surface area (Å²) in [5.74, 6) is 0.755. The number of hydrazone groups is 1. The van der Waals surface area contributed by atoms with E-state index in [0.717, 1.165) is 15.6 Å². The Labute approximate surface area is 228 Å². The molecule has 8 nitrogen and oxygen atoms in total. The maximum absolute atomic E-state index is 12.8. The minimum absolute atomic E-state index is 0.116. The van der Waals surface area contributed by atoms with Gasteiger partial charge in [-0.2, -0.15) is 5.10 Å². The molecule has 1 atom stereocenters. The first-order chi connectivity index (χ1) is 17.8. The highest BCUT2D eigenvalue weighted by atomic mass is 79.9. The first-order valence-electron chi connectivity index (χ1n) is 11.5. The number of rotatable bonds is 9. The average molecular weight is 587 g/mol. The van der Waals surface area contributed by atoms with Crippen LogP contribution in [0.25, 0.3) is 0 Å². The van der Waals surface area contributed by atoms with Crippen molar-refractivity contribution < 1.29 is 23.8 Å². The van der Waals surface area contributed by atoms with E-state index in [1.165, 1.54) is 6.21 Å². The molecule has 4 rings (SSSR count). The van der Waals surface area contributed by atoms with Crippen LogP contribution in [0.1, 0.15) is 35.3 Å². The summed E-state index contributed by atoms with van der Waals surface area (Å²) < 4.78 is 17.2. The minimum atomic E-state index is -0.787. The second-order valence-corrected chi connectivity index (χ2v) is 9.89. The second kappa shape index (κ2) is 12.1. The van der Waals surface area contributed by atoms with Crippen LogP contribution < -0.4 is 25.0 Å². The molecule has 0 saturated carbocycles. The number of carbonyl (C=O) groups is 2. The zero-order valence-electron chi connectivity index (χ0n) is 20.2. The van der Waals surface area contributed by atoms with Gasteiger partial charge in [0.15, 0.2) is 11.5 Å². The molecule has 10 heteroatoms. The largest absolute Gasteiger partial charge is 0.488 e. The lowest BCUT2D eigenvalue weighted by atomic mass is 10.0. The molecule has 37 heavy (non-hydrogen) atoms. The molecule has 192 valence electrons. The van der Waals surface area contributed by atoms with Gasteiger partial charge in [0.1, 0.15) is 18.4 Å². The fourth-order valence-corrected chi connectivity index (χ4v) is 4.13. The Hall–Kier alpha value is -3.56. The Balaban J connectivity index is 1.32. The third kappa shape index (κ3) is 7.02. The molecule has 0 radical (unpaired) electrons. The van der Waals surface area contributed by atoms with Crippen LogP contribution in [0.5, 0.6) is 17.2 Å². The van der Waals surface area contributed by atoms with E-state index in [-0.39, 0.29) is 12.7 Å². The van der Waals surface area contributed by atoms with Crippen molar-refractivity contribution in [3.63, 3.8) is 0 Å². The van der Waals surface area contributed by atoms with E-state index in [4.69, 9.17) is 25.8 Å². The van der Waals surface area contributed by atoms with E-state index in [1.807, 2.05) is 56.3 Å². The number of nitrogens with one attached hydrogen (secondary N) is 2. The van der Waals surface area contributed by atoms with Crippen LogP contribution in [0.3, 0.4) is 0 Å². The van der Waals surface area contributed by atoms with Crippen LogP contribution >= 0.6 is 27.5 Å². The van der Waals surface area contributed by atoms with Crippen LogP contribution in [0.4, 0.5) is 0 Å². The van der Waals surface area contributed by atoms with E-state index < -0.39 is 17.9 Å². The predicted octanol–water partition coefficient (Wildman–Crippen LogP) is 5.31. The fourth-order valence-electron chi connectivity index (χ4n) is 3.49. The summed E-state index contributed by atoms with van der Waals surface area (Å²) in [6.07, 6.45) is 1.52. The summed E-state index contributed by atoms with van der Waals surface area (Å²) in [5, 5.41) is 7.50. The van der Waals surface area contributed by atoms with Gasteiger partial charge in [-0.05, 0) is 81.5 Å². The first-order valence-corrected chi connectivity index (χ1v) is 12.7. The normalized spacial score (nSPS) is 13.0. The second-order valence-electron chi connectivity index (χ2n) is 8.60. The van der Waals surface area contributed by atoms with Gasteiger partial charge >= 0.3 is 0 Å². The maximum Gasteiger partial charge on any atom is 0.262 e. The highest BCUT2D eigenvalue weighted by Crippen LogP contribution is 2.32. The average Bonchev–Trinajstić information content (AvgIpc) is 3.35. The van der Waals surface area contributed by atoms with Crippen molar-refractivity contribution in [2.24, 2.45) is 11.0 Å². The number of benzene rings is 3. The summed E-state index contributed by atoms with van der Waals surface area (Å²) in [5.41, 5.74) is 4.62. The van der Waals surface area contributed by atoms with Crippen LogP contribution in [-0.4, -0.2) is 30.9 Å². The van der Waals surface area contributed by atoms with Gasteiger partial charge in [-0.25, -0.2) is 5.43 Å². The topological polar surface area (TPSA) is 98.2 Å². The van der Waals surface area contributed by atoms with Crippen molar-refractivity contribution in [1.82, 2.24) is 10.7 Å². The van der Waals surface area contributed by atoms with Gasteiger partial charge in [-0.1, -0.05) is 37.6 Å². The van der Waals surface area contributed by atoms with Gasteiger partial charge in [-0.15, -0.1) is 0 Å². The number of ether oxygens (including phenoxy) is 3. The van der Waals surface area contributed by atoms with E-state index in [9.17, 15) is 9.59 Å². The minimum Gasteiger partial charge on any atom is -0.488 e. The molecule has 0 fully saturated rings. The number of fused-ring (bicyclic) bond motifs is 1. The molecule has 0 aromatic heterocycles. The van der Waals surface area contributed by atoms with Crippen molar-refractivity contribution in [3.8, 4) is 17.2 Å². The molecule has 1 heterocycles. The van der Waals surface area contributed by atoms with Crippen LogP contribution in [-0.2, 0) is 11.4 Å². The van der Waals surface area contributed by atoms with Crippen molar-refractivity contribution in [1.29, 1.82) is 0 Å². The van der Waals surface area contributed by atoms with Crippen molar-refractivity contribution in [2.45, 2.75) is 26.5 Å². The summed E-state index contributed by atoms with van der Waals surface area (Å²) >= 11 is 9.42. The standard InChI is InChI=1S/C27H25BrClN3O5/c1-16(2)25(31-26(33)19-6-10-23-24(12-19)37-15-36-23)27(34)32-30-13-18-5-9-22(21(28)11-18)35-14-17-3-7-20(29)8-4-17/h3-13,16,25H,14-15H2,1-2H3,(H,31,33)(H,32,34). The number of carbonyl (C=O) groups excluding carboxylic acids is 2. The molecule has 1 aliphatic heterocycles. The zero-order valence-corrected chi connectivity index (χ0v) is 22.5. The molecule has 0 saturated heterocycles. The highest BCUT2D eigenvalue weighted by Gasteiger charge is 2.25. The smallest absolute Gasteiger partial charge is 0.262 e. The molecule has 3 aromatic rings. The van der Waals surface area contributed by atoms with Crippen molar-refractivity contribution in [3.05, 3.63) is 86.8 Å². The SMILES string of the molecule is CC(C)C(NC(=O)c1ccc2c(c1)OCO2)C(=O)NN=Cc1ccc(OCc2ccc(Cl)cc2)c(Br)c1. The molecule has 0 aliphatic carbocycles. The molecule has 1 aliphatic rings. The van der Waals surface area contributed by atoms with E-state index in [1.54, 1.807) is 18.2 Å². The summed E-state index contributed by atoms with van der Waals surface area (Å²) in [6.45, 7) is 4.19. The van der Waals surface area contributed by atoms with Gasteiger partial charge in [0, 0.05) is 10.6 Å². The zero-order chi connectivity index (χ0) is 26.4. The molecule has 3 aromatic carbocycles. The molecule has 2 amide bonds. The van der Waals surface area contributed by atoms with Crippen LogP contribution in [0.2, 0.25) is 5.02 Å². The first kappa shape index (κ1) is 26.5. The molecular formula is C27H25BrClN3O5. The van der Waals surface area contributed by atoms with Gasteiger partial charge in [-0.3, -0.25) is 9.59 Å². The Bertz CT molecular complexity index is 1310.